The zero-order chi connectivity index (χ0) is 11.7. The van der Waals surface area contributed by atoms with Crippen molar-refractivity contribution in [1.29, 1.82) is 0 Å². The van der Waals surface area contributed by atoms with E-state index >= 15 is 0 Å². The molecule has 1 aromatic heterocycles. The molecule has 84 valence electrons. The number of fused-ring (bicyclic) bond motifs is 1. The van der Waals surface area contributed by atoms with Gasteiger partial charge in [0.2, 0.25) is 0 Å². The molecule has 2 rings (SSSR count). The minimum absolute atomic E-state index is 0.765. The molecule has 0 aliphatic carbocycles. The van der Waals surface area contributed by atoms with Crippen LogP contribution in [0.15, 0.2) is 12.1 Å². The van der Waals surface area contributed by atoms with Gasteiger partial charge in [0, 0.05) is 12.4 Å². The van der Waals surface area contributed by atoms with E-state index in [9.17, 15) is 0 Å². The molecule has 0 saturated heterocycles. The summed E-state index contributed by atoms with van der Waals surface area (Å²) in [5.74, 6) is 2.46. The lowest BCUT2D eigenvalue weighted by Gasteiger charge is -2.10. The van der Waals surface area contributed by atoms with Gasteiger partial charge in [0.05, 0.1) is 12.6 Å². The monoisotopic (exact) mass is 217 g/mol. The summed E-state index contributed by atoms with van der Waals surface area (Å²) in [6, 6.07) is 3.99. The van der Waals surface area contributed by atoms with Crippen LogP contribution in [-0.4, -0.2) is 24.1 Å². The number of rotatable bonds is 2. The molecule has 16 heavy (non-hydrogen) atoms. The smallest absolute Gasteiger partial charge is 0.137 e. The Balaban J connectivity index is 2.79. The zero-order valence-corrected chi connectivity index (χ0v) is 9.96. The summed E-state index contributed by atoms with van der Waals surface area (Å²) in [7, 11) is 3.52. The maximum Gasteiger partial charge on any atom is 0.137 e. The van der Waals surface area contributed by atoms with Crippen molar-refractivity contribution in [2.45, 2.75) is 13.8 Å². The molecule has 1 aromatic carbocycles. The third kappa shape index (κ3) is 1.66. The first-order valence-electron chi connectivity index (χ1n) is 5.16. The third-order valence-electron chi connectivity index (χ3n) is 2.56. The van der Waals surface area contributed by atoms with Crippen molar-refractivity contribution in [3.8, 4) is 5.75 Å². The van der Waals surface area contributed by atoms with Gasteiger partial charge in [0.1, 0.15) is 17.4 Å². The average Bonchev–Trinajstić information content (AvgIpc) is 2.26. The molecule has 4 heteroatoms. The van der Waals surface area contributed by atoms with Crippen LogP contribution in [0, 0.1) is 13.8 Å². The Morgan fingerprint density at radius 1 is 1.19 bits per heavy atom. The second-order valence-corrected chi connectivity index (χ2v) is 3.71. The highest BCUT2D eigenvalue weighted by Crippen LogP contribution is 2.28. The van der Waals surface area contributed by atoms with E-state index in [1.807, 2.05) is 33.0 Å². The lowest BCUT2D eigenvalue weighted by Crippen LogP contribution is -1.99. The Hall–Kier alpha value is -1.84. The van der Waals surface area contributed by atoms with Crippen LogP contribution < -0.4 is 10.1 Å². The standard InChI is InChI=1S/C12H15N3O/c1-7-5-10-9(6-11(7)16-4)12(13-3)15-8(2)14-10/h5-6H,1-4H3,(H,13,14,15). The van der Waals surface area contributed by atoms with Crippen LogP contribution in [0.25, 0.3) is 10.9 Å². The van der Waals surface area contributed by atoms with Gasteiger partial charge in [-0.3, -0.25) is 0 Å². The Bertz CT molecular complexity index is 537. The summed E-state index contributed by atoms with van der Waals surface area (Å²) in [5.41, 5.74) is 2.02. The van der Waals surface area contributed by atoms with Gasteiger partial charge in [0.15, 0.2) is 0 Å². The number of aryl methyl sites for hydroxylation is 2. The van der Waals surface area contributed by atoms with Crippen molar-refractivity contribution in [3.63, 3.8) is 0 Å². The number of hydrogen-bond acceptors (Lipinski definition) is 4. The molecule has 0 fully saturated rings. The summed E-state index contributed by atoms with van der Waals surface area (Å²) in [6.45, 7) is 3.90. The van der Waals surface area contributed by atoms with E-state index in [4.69, 9.17) is 4.74 Å². The van der Waals surface area contributed by atoms with Gasteiger partial charge >= 0.3 is 0 Å². The van der Waals surface area contributed by atoms with Crippen LogP contribution >= 0.6 is 0 Å². The van der Waals surface area contributed by atoms with Crippen LogP contribution in [0.4, 0.5) is 5.82 Å². The Labute approximate surface area is 94.7 Å². The lowest BCUT2D eigenvalue weighted by molar-refractivity contribution is 0.412. The maximum atomic E-state index is 5.30. The normalized spacial score (nSPS) is 10.5. The SMILES string of the molecule is CNc1nc(C)nc2cc(C)c(OC)cc12. The first-order chi connectivity index (χ1) is 7.65. The predicted molar refractivity (Wildman–Crippen MR) is 65.1 cm³/mol. The van der Waals surface area contributed by atoms with Gasteiger partial charge in [-0.2, -0.15) is 0 Å². The fourth-order valence-electron chi connectivity index (χ4n) is 1.79. The molecule has 0 aliphatic heterocycles. The summed E-state index contributed by atoms with van der Waals surface area (Å²) in [6.07, 6.45) is 0. The van der Waals surface area contributed by atoms with Crippen LogP contribution in [0.5, 0.6) is 5.75 Å². The Morgan fingerprint density at radius 2 is 1.94 bits per heavy atom. The van der Waals surface area contributed by atoms with E-state index in [0.717, 1.165) is 33.9 Å². The van der Waals surface area contributed by atoms with Crippen molar-refractivity contribution in [3.05, 3.63) is 23.5 Å². The molecule has 0 spiro atoms. The van der Waals surface area contributed by atoms with E-state index < -0.39 is 0 Å². The van der Waals surface area contributed by atoms with Crippen LogP contribution in [0.2, 0.25) is 0 Å². The molecule has 1 heterocycles. The largest absolute Gasteiger partial charge is 0.496 e. The molecule has 0 aliphatic rings. The number of methoxy groups -OCH3 is 1. The molecule has 0 saturated carbocycles. The topological polar surface area (TPSA) is 47.0 Å². The van der Waals surface area contributed by atoms with Crippen molar-refractivity contribution in [2.24, 2.45) is 0 Å². The minimum Gasteiger partial charge on any atom is -0.496 e. The molecule has 0 bridgehead atoms. The average molecular weight is 217 g/mol. The number of anilines is 1. The van der Waals surface area contributed by atoms with Gasteiger partial charge in [-0.05, 0) is 31.5 Å². The van der Waals surface area contributed by atoms with E-state index in [1.54, 1.807) is 7.11 Å². The van der Waals surface area contributed by atoms with Crippen molar-refractivity contribution in [2.75, 3.05) is 19.5 Å². The molecule has 0 amide bonds. The highest BCUT2D eigenvalue weighted by molar-refractivity contribution is 5.90. The third-order valence-corrected chi connectivity index (χ3v) is 2.56. The van der Waals surface area contributed by atoms with Gasteiger partial charge in [-0.25, -0.2) is 9.97 Å². The summed E-state index contributed by atoms with van der Waals surface area (Å²) in [5, 5.41) is 4.06. The Morgan fingerprint density at radius 3 is 2.56 bits per heavy atom. The van der Waals surface area contributed by atoms with Crippen molar-refractivity contribution >= 4 is 16.7 Å². The quantitative estimate of drug-likeness (QED) is 0.838. The molecular formula is C12H15N3O. The first kappa shape index (κ1) is 10.7. The van der Waals surface area contributed by atoms with Crippen LogP contribution in [0.1, 0.15) is 11.4 Å². The fraction of sp³-hybridized carbons (Fsp3) is 0.333. The number of nitrogens with one attached hydrogen (secondary N) is 1. The lowest BCUT2D eigenvalue weighted by atomic mass is 10.1. The molecule has 2 aromatic rings. The summed E-state index contributed by atoms with van der Waals surface area (Å²) >= 11 is 0. The van der Waals surface area contributed by atoms with Gasteiger partial charge in [0.25, 0.3) is 0 Å². The predicted octanol–water partition coefficient (Wildman–Crippen LogP) is 2.30. The molecule has 0 unspecified atom stereocenters. The molecule has 0 radical (unpaired) electrons. The van der Waals surface area contributed by atoms with E-state index in [0.29, 0.717) is 0 Å². The van der Waals surface area contributed by atoms with Gasteiger partial charge in [-0.1, -0.05) is 0 Å². The first-order valence-corrected chi connectivity index (χ1v) is 5.16. The van der Waals surface area contributed by atoms with Crippen LogP contribution in [-0.2, 0) is 0 Å². The number of hydrogen-bond donors (Lipinski definition) is 1. The number of nitrogens with zero attached hydrogens (tertiary/aromatic N) is 2. The molecule has 0 atom stereocenters. The highest BCUT2D eigenvalue weighted by Gasteiger charge is 2.08. The summed E-state index contributed by atoms with van der Waals surface area (Å²) in [4.78, 5) is 8.76. The number of benzene rings is 1. The number of aromatic nitrogens is 2. The molecule has 1 N–H and O–H groups in total. The molecular weight excluding hydrogens is 202 g/mol. The Kier molecular flexibility index (Phi) is 2.64. The highest BCUT2D eigenvalue weighted by atomic mass is 16.5. The second-order valence-electron chi connectivity index (χ2n) is 3.71. The van der Waals surface area contributed by atoms with E-state index in [-0.39, 0.29) is 0 Å². The van der Waals surface area contributed by atoms with Crippen molar-refractivity contribution in [1.82, 2.24) is 9.97 Å². The summed E-state index contributed by atoms with van der Waals surface area (Å²) < 4.78 is 5.30. The minimum atomic E-state index is 0.765. The second kappa shape index (κ2) is 3.96. The van der Waals surface area contributed by atoms with Gasteiger partial charge in [-0.15, -0.1) is 0 Å². The van der Waals surface area contributed by atoms with Gasteiger partial charge < -0.3 is 10.1 Å². The molecule has 4 nitrogen and oxygen atoms in total. The number of ether oxygens (including phenoxy) is 1. The van der Waals surface area contributed by atoms with Crippen molar-refractivity contribution < 1.29 is 4.74 Å². The zero-order valence-electron chi connectivity index (χ0n) is 9.96. The fourth-order valence-corrected chi connectivity index (χ4v) is 1.79. The maximum absolute atomic E-state index is 5.30. The van der Waals surface area contributed by atoms with Crippen LogP contribution in [0.3, 0.4) is 0 Å². The van der Waals surface area contributed by atoms with E-state index in [1.165, 1.54) is 0 Å². The van der Waals surface area contributed by atoms with E-state index in [2.05, 4.69) is 15.3 Å².